The van der Waals surface area contributed by atoms with Crippen molar-refractivity contribution < 1.29 is 4.74 Å². The van der Waals surface area contributed by atoms with E-state index in [-0.39, 0.29) is 12.1 Å². The van der Waals surface area contributed by atoms with Gasteiger partial charge in [0, 0.05) is 20.6 Å². The molecule has 6 rings (SSSR count). The summed E-state index contributed by atoms with van der Waals surface area (Å²) in [5.74, 6) is 1.49. The van der Waals surface area contributed by atoms with Crippen molar-refractivity contribution in [2.24, 2.45) is 0 Å². The smallest absolute Gasteiger partial charge is 0.227 e. The van der Waals surface area contributed by atoms with E-state index in [9.17, 15) is 0 Å². The van der Waals surface area contributed by atoms with Gasteiger partial charge < -0.3 is 10.1 Å². The van der Waals surface area contributed by atoms with Crippen LogP contribution < -0.4 is 10.1 Å². The van der Waals surface area contributed by atoms with Crippen LogP contribution >= 0.6 is 39.3 Å². The van der Waals surface area contributed by atoms with Crippen molar-refractivity contribution in [3.63, 3.8) is 0 Å². The molecule has 34 heavy (non-hydrogen) atoms. The molecule has 0 spiro atoms. The maximum absolute atomic E-state index is 6.67. The normalized spacial score (nSPS) is 18.5. The van der Waals surface area contributed by atoms with E-state index in [1.807, 2.05) is 41.3 Å². The number of halogens is 2. The molecule has 2 unspecified atom stereocenters. The van der Waals surface area contributed by atoms with Gasteiger partial charge in [-0.05, 0) is 54.6 Å². The summed E-state index contributed by atoms with van der Waals surface area (Å²) in [4.78, 5) is 4.75. The highest BCUT2D eigenvalue weighted by molar-refractivity contribution is 9.10. The first kappa shape index (κ1) is 21.8. The summed E-state index contributed by atoms with van der Waals surface area (Å²) in [5, 5.41) is 9.78. The average molecular weight is 552 g/mol. The molecule has 3 heterocycles. The molecule has 0 saturated heterocycles. The zero-order valence-corrected chi connectivity index (χ0v) is 21.6. The Hall–Kier alpha value is -2.74. The monoisotopic (exact) mass is 550 g/mol. The van der Waals surface area contributed by atoms with Crippen LogP contribution in [-0.4, -0.2) is 21.0 Å². The summed E-state index contributed by atoms with van der Waals surface area (Å²) in [6.45, 7) is 2.09. The summed E-state index contributed by atoms with van der Waals surface area (Å²) in [7, 11) is 0. The topological polar surface area (TPSA) is 52.0 Å². The van der Waals surface area contributed by atoms with Gasteiger partial charge in [-0.1, -0.05) is 81.3 Å². The molecule has 5 nitrogen and oxygen atoms in total. The number of aromatic nitrogens is 3. The lowest BCUT2D eigenvalue weighted by molar-refractivity contribution is 0.223. The van der Waals surface area contributed by atoms with E-state index in [2.05, 4.69) is 64.6 Å². The molecule has 0 fully saturated rings. The van der Waals surface area contributed by atoms with Crippen LogP contribution in [0.3, 0.4) is 0 Å². The number of hydrogen-bond acceptors (Lipinski definition) is 5. The molecule has 0 saturated carbocycles. The van der Waals surface area contributed by atoms with Gasteiger partial charge in [-0.15, -0.1) is 5.10 Å². The van der Waals surface area contributed by atoms with Crippen molar-refractivity contribution in [1.82, 2.24) is 14.8 Å². The largest absolute Gasteiger partial charge is 0.480 e. The van der Waals surface area contributed by atoms with E-state index in [0.717, 1.165) is 38.2 Å². The van der Waals surface area contributed by atoms with Crippen molar-refractivity contribution in [3.05, 3.63) is 104 Å². The Morgan fingerprint density at radius 2 is 1.76 bits per heavy atom. The molecular formula is C26H20BrClN4OS. The Bertz CT molecular complexity index is 1430. The Morgan fingerprint density at radius 1 is 1.03 bits per heavy atom. The van der Waals surface area contributed by atoms with Crippen molar-refractivity contribution in [3.8, 4) is 5.75 Å². The van der Waals surface area contributed by atoms with Crippen molar-refractivity contribution >= 4 is 50.9 Å². The molecule has 2 atom stereocenters. The lowest BCUT2D eigenvalue weighted by Crippen LogP contribution is -2.32. The summed E-state index contributed by atoms with van der Waals surface area (Å²) in [6.07, 6.45) is 1.67. The number of thioether (sulfide) groups is 1. The molecule has 0 radical (unpaired) electrons. The molecule has 0 bridgehead atoms. The fourth-order valence-electron chi connectivity index (χ4n) is 4.55. The number of ether oxygens (including phenoxy) is 1. The highest BCUT2D eigenvalue weighted by Gasteiger charge is 2.41. The number of nitrogens with zero attached hydrogens (tertiary/aromatic N) is 3. The number of nitrogens with one attached hydrogen (secondary N) is 1. The van der Waals surface area contributed by atoms with Gasteiger partial charge >= 0.3 is 0 Å². The highest BCUT2D eigenvalue weighted by Crippen LogP contribution is 2.51. The third-order valence-electron chi connectivity index (χ3n) is 6.16. The summed E-state index contributed by atoms with van der Waals surface area (Å²) >= 11 is 11.5. The summed E-state index contributed by atoms with van der Waals surface area (Å²) < 4.78 is 9.66. The third kappa shape index (κ3) is 3.63. The zero-order valence-electron chi connectivity index (χ0n) is 18.4. The van der Waals surface area contributed by atoms with Crippen LogP contribution in [0.4, 0.5) is 5.95 Å². The molecule has 2 aliphatic rings. The first-order chi connectivity index (χ1) is 16.5. The molecule has 1 aromatic heterocycles. The SMILES string of the molecule is CSc1nc2n(n1)C(c1ccc(C)cc1)C1=C(N2)c2cc(Cl)ccc2OC1c1ccc(Br)cc1. The molecule has 0 aliphatic carbocycles. The number of fused-ring (bicyclic) bond motifs is 3. The average Bonchev–Trinajstić information content (AvgIpc) is 3.27. The van der Waals surface area contributed by atoms with Gasteiger partial charge in [-0.2, -0.15) is 4.98 Å². The summed E-state index contributed by atoms with van der Waals surface area (Å²) in [6, 6.07) is 22.4. The van der Waals surface area contributed by atoms with E-state index in [0.29, 0.717) is 16.1 Å². The standard InChI is InChI=1S/C26H20BrClN4OS/c1-14-3-5-15(6-4-14)23-21-22(29-25-30-26(34-2)31-32(23)25)19-13-18(28)11-12-20(19)33-24(21)16-7-9-17(27)10-8-16/h3-13,23-24H,1-2H3,(H,29,30,31). The number of anilines is 1. The van der Waals surface area contributed by atoms with Crippen LogP contribution in [0, 0.1) is 6.92 Å². The van der Waals surface area contributed by atoms with E-state index in [1.54, 1.807) is 0 Å². The molecular weight excluding hydrogens is 532 g/mol. The van der Waals surface area contributed by atoms with Gasteiger partial charge in [0.2, 0.25) is 11.1 Å². The minimum atomic E-state index is -0.314. The van der Waals surface area contributed by atoms with Gasteiger partial charge in [0.1, 0.15) is 17.9 Å². The number of rotatable bonds is 3. The minimum absolute atomic E-state index is 0.193. The second-order valence-electron chi connectivity index (χ2n) is 8.33. The van der Waals surface area contributed by atoms with Crippen LogP contribution in [0.25, 0.3) is 5.70 Å². The minimum Gasteiger partial charge on any atom is -0.480 e. The predicted octanol–water partition coefficient (Wildman–Crippen LogP) is 7.28. The van der Waals surface area contributed by atoms with Crippen LogP contribution in [0.15, 0.2) is 81.9 Å². The third-order valence-corrected chi connectivity index (χ3v) is 7.46. The lowest BCUT2D eigenvalue weighted by Gasteiger charge is -2.39. The Kier molecular flexibility index (Phi) is 5.43. The highest BCUT2D eigenvalue weighted by atomic mass is 79.9. The van der Waals surface area contributed by atoms with Crippen LogP contribution in [-0.2, 0) is 0 Å². The molecule has 2 aliphatic heterocycles. The predicted molar refractivity (Wildman–Crippen MR) is 141 cm³/mol. The Morgan fingerprint density at radius 3 is 2.50 bits per heavy atom. The van der Waals surface area contributed by atoms with Crippen molar-refractivity contribution in [2.45, 2.75) is 24.2 Å². The second-order valence-corrected chi connectivity index (χ2v) is 10.5. The first-order valence-electron chi connectivity index (χ1n) is 10.8. The van der Waals surface area contributed by atoms with Crippen LogP contribution in [0.1, 0.15) is 34.4 Å². The fraction of sp³-hybridized carbons (Fsp3) is 0.154. The van der Waals surface area contributed by atoms with Gasteiger partial charge in [0.15, 0.2) is 0 Å². The van der Waals surface area contributed by atoms with Crippen LogP contribution in [0.5, 0.6) is 5.75 Å². The first-order valence-corrected chi connectivity index (χ1v) is 13.2. The van der Waals surface area contributed by atoms with E-state index in [4.69, 9.17) is 26.4 Å². The van der Waals surface area contributed by atoms with Gasteiger partial charge in [-0.25, -0.2) is 4.68 Å². The van der Waals surface area contributed by atoms with Gasteiger partial charge in [0.05, 0.1) is 5.70 Å². The number of aryl methyl sites for hydroxylation is 1. The molecule has 8 heteroatoms. The van der Waals surface area contributed by atoms with E-state index in [1.165, 1.54) is 17.3 Å². The molecule has 0 amide bonds. The molecule has 4 aromatic rings. The zero-order chi connectivity index (χ0) is 23.4. The summed E-state index contributed by atoms with van der Waals surface area (Å²) in [5.41, 5.74) is 6.35. The maximum Gasteiger partial charge on any atom is 0.227 e. The lowest BCUT2D eigenvalue weighted by atomic mass is 9.84. The fourth-order valence-corrected chi connectivity index (χ4v) is 5.33. The van der Waals surface area contributed by atoms with Gasteiger partial charge in [0.25, 0.3) is 0 Å². The van der Waals surface area contributed by atoms with Crippen molar-refractivity contribution in [1.29, 1.82) is 0 Å². The Balaban J connectivity index is 1.63. The quantitative estimate of drug-likeness (QED) is 0.271. The Labute approximate surface area is 215 Å². The van der Waals surface area contributed by atoms with Gasteiger partial charge in [-0.3, -0.25) is 0 Å². The molecule has 1 N–H and O–H groups in total. The van der Waals surface area contributed by atoms with Crippen LogP contribution in [0.2, 0.25) is 5.02 Å². The van der Waals surface area contributed by atoms with Crippen molar-refractivity contribution in [2.75, 3.05) is 11.6 Å². The van der Waals surface area contributed by atoms with E-state index < -0.39 is 0 Å². The molecule has 170 valence electrons. The maximum atomic E-state index is 6.67. The number of hydrogen-bond donors (Lipinski definition) is 1. The number of benzene rings is 3. The second kappa shape index (κ2) is 8.48. The molecule has 3 aromatic carbocycles. The van der Waals surface area contributed by atoms with E-state index >= 15 is 0 Å².